The molecule has 0 aromatic heterocycles. The van der Waals surface area contributed by atoms with Gasteiger partial charge in [-0.15, -0.1) is 0 Å². The number of aryl methyl sites for hydroxylation is 1. The van der Waals surface area contributed by atoms with Gasteiger partial charge < -0.3 is 0 Å². The lowest BCUT2D eigenvalue weighted by Gasteiger charge is -2.07. The van der Waals surface area contributed by atoms with E-state index in [2.05, 4.69) is 4.72 Å². The summed E-state index contributed by atoms with van der Waals surface area (Å²) < 4.78 is 26.2. The smallest absolute Gasteiger partial charge is 0.210 e. The molecule has 1 N–H and O–H groups in total. The van der Waals surface area contributed by atoms with E-state index in [0.717, 1.165) is 5.75 Å². The molecule has 0 unspecified atom stereocenters. The highest BCUT2D eigenvalue weighted by molar-refractivity contribution is 7.98. The third kappa shape index (κ3) is 3.73. The monoisotopic (exact) mass is 270 g/mol. The fourth-order valence-corrected chi connectivity index (χ4v) is 2.84. The fourth-order valence-electron chi connectivity index (χ4n) is 1.29. The van der Waals surface area contributed by atoms with Crippen molar-refractivity contribution in [2.24, 2.45) is 0 Å². The molecule has 6 heteroatoms. The van der Waals surface area contributed by atoms with E-state index in [1.807, 2.05) is 12.3 Å². The van der Waals surface area contributed by atoms with Crippen LogP contribution in [0.15, 0.2) is 23.1 Å². The maximum absolute atomic E-state index is 11.9. The van der Waals surface area contributed by atoms with Crippen molar-refractivity contribution in [1.82, 2.24) is 4.72 Å². The molecule has 0 bridgehead atoms. The van der Waals surface area contributed by atoms with Gasteiger partial charge in [0.2, 0.25) is 10.0 Å². The van der Waals surface area contributed by atoms with Gasteiger partial charge in [-0.3, -0.25) is 0 Å². The molecule has 1 rings (SSSR count). The molecule has 0 amide bonds. The number of nitrogens with one attached hydrogen (secondary N) is 1. The van der Waals surface area contributed by atoms with Gasteiger partial charge in [0.05, 0.1) is 16.5 Å². The maximum atomic E-state index is 11.9. The van der Waals surface area contributed by atoms with Gasteiger partial charge in [0, 0.05) is 12.3 Å². The number of rotatable bonds is 5. The standard InChI is InChI=1S/C11H14N2O2S2/c1-9-7-11(4-3-10(9)8-12)17(14,15)13-5-6-16-2/h3-4,7,13H,5-6H2,1-2H3. The largest absolute Gasteiger partial charge is 0.240 e. The molecule has 0 aliphatic carbocycles. The first-order chi connectivity index (χ1) is 8.01. The molecule has 0 radical (unpaired) electrons. The number of nitrogens with zero attached hydrogens (tertiary/aromatic N) is 1. The normalized spacial score (nSPS) is 11.1. The van der Waals surface area contributed by atoms with Crippen molar-refractivity contribution < 1.29 is 8.42 Å². The average Bonchev–Trinajstić information content (AvgIpc) is 2.29. The van der Waals surface area contributed by atoms with Crippen LogP contribution in [0.25, 0.3) is 0 Å². The maximum Gasteiger partial charge on any atom is 0.240 e. The number of nitriles is 1. The summed E-state index contributed by atoms with van der Waals surface area (Å²) in [5.74, 6) is 0.731. The van der Waals surface area contributed by atoms with Crippen LogP contribution in [0.5, 0.6) is 0 Å². The second kappa shape index (κ2) is 6.05. The lowest BCUT2D eigenvalue weighted by Crippen LogP contribution is -2.26. The highest BCUT2D eigenvalue weighted by Crippen LogP contribution is 2.14. The van der Waals surface area contributed by atoms with Gasteiger partial charge in [0.25, 0.3) is 0 Å². The lowest BCUT2D eigenvalue weighted by atomic mass is 10.1. The Labute approximate surface area is 106 Å². The van der Waals surface area contributed by atoms with Crippen LogP contribution in [0.2, 0.25) is 0 Å². The van der Waals surface area contributed by atoms with E-state index >= 15 is 0 Å². The van der Waals surface area contributed by atoms with Crippen LogP contribution in [0.1, 0.15) is 11.1 Å². The van der Waals surface area contributed by atoms with Crippen molar-refractivity contribution in [3.8, 4) is 6.07 Å². The summed E-state index contributed by atoms with van der Waals surface area (Å²) in [6.45, 7) is 2.13. The summed E-state index contributed by atoms with van der Waals surface area (Å²) in [6, 6.07) is 6.50. The molecule has 0 aliphatic rings. The molecule has 0 spiro atoms. The van der Waals surface area contributed by atoms with Gasteiger partial charge in [-0.2, -0.15) is 17.0 Å². The molecule has 0 aliphatic heterocycles. The second-order valence-corrected chi connectivity index (χ2v) is 6.23. The molecular weight excluding hydrogens is 256 g/mol. The van der Waals surface area contributed by atoms with Crippen molar-refractivity contribution in [3.63, 3.8) is 0 Å². The minimum absolute atomic E-state index is 0.204. The Kier molecular flexibility index (Phi) is 5.00. The summed E-state index contributed by atoms with van der Waals surface area (Å²) in [6.07, 6.45) is 1.92. The van der Waals surface area contributed by atoms with Gasteiger partial charge in [-0.25, -0.2) is 13.1 Å². The van der Waals surface area contributed by atoms with Gasteiger partial charge >= 0.3 is 0 Å². The first kappa shape index (κ1) is 14.0. The highest BCUT2D eigenvalue weighted by atomic mass is 32.2. The molecule has 0 saturated carbocycles. The molecule has 0 fully saturated rings. The van der Waals surface area contributed by atoms with E-state index < -0.39 is 10.0 Å². The molecule has 4 nitrogen and oxygen atoms in total. The zero-order chi connectivity index (χ0) is 12.9. The Hall–Kier alpha value is -1.03. The molecule has 1 aromatic carbocycles. The van der Waals surface area contributed by atoms with E-state index in [0.29, 0.717) is 17.7 Å². The average molecular weight is 270 g/mol. The number of benzene rings is 1. The second-order valence-electron chi connectivity index (χ2n) is 3.48. The van der Waals surface area contributed by atoms with Crippen LogP contribution in [-0.2, 0) is 10.0 Å². The Morgan fingerprint density at radius 3 is 2.71 bits per heavy atom. The quantitative estimate of drug-likeness (QED) is 0.823. The summed E-state index contributed by atoms with van der Waals surface area (Å²) in [4.78, 5) is 0.204. The van der Waals surface area contributed by atoms with Gasteiger partial charge in [-0.05, 0) is 36.9 Å². The van der Waals surface area contributed by atoms with Gasteiger partial charge in [-0.1, -0.05) is 0 Å². The predicted octanol–water partition coefficient (Wildman–Crippen LogP) is 1.51. The van der Waals surface area contributed by atoms with E-state index in [1.165, 1.54) is 18.2 Å². The fraction of sp³-hybridized carbons (Fsp3) is 0.364. The van der Waals surface area contributed by atoms with Gasteiger partial charge in [0.15, 0.2) is 0 Å². The zero-order valence-electron chi connectivity index (χ0n) is 9.73. The Morgan fingerprint density at radius 2 is 2.18 bits per heavy atom. The van der Waals surface area contributed by atoms with E-state index in [9.17, 15) is 8.42 Å². The highest BCUT2D eigenvalue weighted by Gasteiger charge is 2.14. The number of hydrogen-bond donors (Lipinski definition) is 1. The predicted molar refractivity (Wildman–Crippen MR) is 69.5 cm³/mol. The molecule has 0 saturated heterocycles. The van der Waals surface area contributed by atoms with Crippen LogP contribution >= 0.6 is 11.8 Å². The van der Waals surface area contributed by atoms with Crippen molar-refractivity contribution in [2.75, 3.05) is 18.6 Å². The molecule has 92 valence electrons. The van der Waals surface area contributed by atoms with E-state index in [-0.39, 0.29) is 4.90 Å². The number of thioether (sulfide) groups is 1. The first-order valence-corrected chi connectivity index (χ1v) is 7.88. The van der Waals surface area contributed by atoms with Crippen molar-refractivity contribution >= 4 is 21.8 Å². The molecule has 0 heterocycles. The van der Waals surface area contributed by atoms with E-state index in [4.69, 9.17) is 5.26 Å². The first-order valence-electron chi connectivity index (χ1n) is 5.00. The van der Waals surface area contributed by atoms with Crippen molar-refractivity contribution in [1.29, 1.82) is 5.26 Å². The van der Waals surface area contributed by atoms with Crippen molar-refractivity contribution in [3.05, 3.63) is 29.3 Å². The Balaban J connectivity index is 2.93. The van der Waals surface area contributed by atoms with E-state index in [1.54, 1.807) is 18.7 Å². The molecule has 0 atom stereocenters. The summed E-state index contributed by atoms with van der Waals surface area (Å²) in [5.41, 5.74) is 1.16. The molecule has 1 aromatic rings. The van der Waals surface area contributed by atoms with Crippen molar-refractivity contribution in [2.45, 2.75) is 11.8 Å². The summed E-state index contributed by atoms with van der Waals surface area (Å²) in [5, 5.41) is 8.77. The number of sulfonamides is 1. The van der Waals surface area contributed by atoms with Crippen LogP contribution in [0.4, 0.5) is 0 Å². The minimum atomic E-state index is -3.45. The van der Waals surface area contributed by atoms with Crippen LogP contribution in [0.3, 0.4) is 0 Å². The van der Waals surface area contributed by atoms with Crippen LogP contribution in [0, 0.1) is 18.3 Å². The molecular formula is C11H14N2O2S2. The number of hydrogen-bond acceptors (Lipinski definition) is 4. The Morgan fingerprint density at radius 1 is 1.47 bits per heavy atom. The Bertz CT molecular complexity index is 533. The van der Waals surface area contributed by atoms with Crippen LogP contribution < -0.4 is 4.72 Å². The zero-order valence-corrected chi connectivity index (χ0v) is 11.4. The van der Waals surface area contributed by atoms with Crippen LogP contribution in [-0.4, -0.2) is 27.0 Å². The topological polar surface area (TPSA) is 70.0 Å². The minimum Gasteiger partial charge on any atom is -0.210 e. The van der Waals surface area contributed by atoms with Gasteiger partial charge in [0.1, 0.15) is 0 Å². The molecule has 17 heavy (non-hydrogen) atoms. The summed E-state index contributed by atoms with van der Waals surface area (Å²) in [7, 11) is -3.45. The third-order valence-corrected chi connectivity index (χ3v) is 4.30. The lowest BCUT2D eigenvalue weighted by molar-refractivity contribution is 0.584. The summed E-state index contributed by atoms with van der Waals surface area (Å²) >= 11 is 1.58. The third-order valence-electron chi connectivity index (χ3n) is 2.23. The SMILES string of the molecule is CSCCNS(=O)(=O)c1ccc(C#N)c(C)c1.